The second-order valence-electron chi connectivity index (χ2n) is 8.64. The van der Waals surface area contributed by atoms with E-state index in [9.17, 15) is 14.4 Å². The first-order valence-electron chi connectivity index (χ1n) is 10.8. The molecule has 1 aromatic rings. The summed E-state index contributed by atoms with van der Waals surface area (Å²) in [6, 6.07) is 7.87. The number of benzene rings is 1. The topological polar surface area (TPSA) is 75.7 Å². The van der Waals surface area contributed by atoms with Gasteiger partial charge in [0.1, 0.15) is 5.75 Å². The fraction of sp³-hybridized carbons (Fsp3) is 0.609. The molecule has 1 heterocycles. The molecule has 6 nitrogen and oxygen atoms in total. The molecule has 156 valence electrons. The quantitative estimate of drug-likeness (QED) is 0.747. The Morgan fingerprint density at radius 1 is 1.10 bits per heavy atom. The first-order valence-corrected chi connectivity index (χ1v) is 10.8. The molecule has 1 saturated heterocycles. The Balaban J connectivity index is 1.41. The molecule has 0 unspecified atom stereocenters. The average molecular weight is 399 g/mol. The van der Waals surface area contributed by atoms with E-state index >= 15 is 0 Å². The van der Waals surface area contributed by atoms with Crippen LogP contribution in [0.3, 0.4) is 0 Å². The molecule has 29 heavy (non-hydrogen) atoms. The van der Waals surface area contributed by atoms with Gasteiger partial charge in [-0.15, -0.1) is 0 Å². The van der Waals surface area contributed by atoms with Crippen molar-refractivity contribution in [1.29, 1.82) is 0 Å². The van der Waals surface area contributed by atoms with Gasteiger partial charge in [0.2, 0.25) is 17.7 Å². The maximum Gasteiger partial charge on any atom is 0.233 e. The Morgan fingerprint density at radius 2 is 1.76 bits per heavy atom. The van der Waals surface area contributed by atoms with E-state index in [4.69, 9.17) is 4.74 Å². The van der Waals surface area contributed by atoms with E-state index in [-0.39, 0.29) is 42.5 Å². The molecule has 4 rings (SSSR count). The lowest BCUT2D eigenvalue weighted by atomic mass is 9.81. The number of fused-ring (bicyclic) bond motifs is 1. The minimum atomic E-state index is -0.390. The first-order chi connectivity index (χ1) is 14.0. The number of hydrogen-bond donors (Lipinski definition) is 1. The molecule has 0 aromatic heterocycles. The molecule has 3 aliphatic rings. The van der Waals surface area contributed by atoms with Crippen LogP contribution in [0.1, 0.15) is 63.4 Å². The van der Waals surface area contributed by atoms with Crippen molar-refractivity contribution in [2.24, 2.45) is 11.8 Å². The lowest BCUT2D eigenvalue weighted by molar-refractivity contribution is -0.140. The van der Waals surface area contributed by atoms with Crippen molar-refractivity contribution < 1.29 is 19.1 Å². The molecule has 0 bridgehead atoms. The zero-order valence-electron chi connectivity index (χ0n) is 17.1. The highest BCUT2D eigenvalue weighted by atomic mass is 16.5. The first kappa shape index (κ1) is 19.9. The zero-order chi connectivity index (χ0) is 20.4. The van der Waals surface area contributed by atoms with Crippen LogP contribution in [-0.2, 0) is 19.9 Å². The minimum Gasteiger partial charge on any atom is -0.497 e. The predicted octanol–water partition coefficient (Wildman–Crippen LogP) is 3.15. The summed E-state index contributed by atoms with van der Waals surface area (Å²) in [7, 11) is 1.64. The van der Waals surface area contributed by atoms with Crippen LogP contribution in [0.2, 0.25) is 0 Å². The average Bonchev–Trinajstić information content (AvgIpc) is 3.31. The van der Waals surface area contributed by atoms with Crippen LogP contribution in [-0.4, -0.2) is 36.3 Å². The van der Waals surface area contributed by atoms with Gasteiger partial charge in [-0.05, 0) is 43.4 Å². The lowest BCUT2D eigenvalue weighted by Crippen LogP contribution is -2.45. The molecule has 1 aliphatic heterocycles. The third-order valence-corrected chi connectivity index (χ3v) is 6.95. The normalized spacial score (nSPS) is 25.8. The van der Waals surface area contributed by atoms with Crippen molar-refractivity contribution in [2.75, 3.05) is 13.7 Å². The molecular weight excluding hydrogens is 368 g/mol. The fourth-order valence-corrected chi connectivity index (χ4v) is 5.38. The van der Waals surface area contributed by atoms with E-state index in [0.29, 0.717) is 0 Å². The highest BCUT2D eigenvalue weighted by Crippen LogP contribution is 2.40. The van der Waals surface area contributed by atoms with Gasteiger partial charge >= 0.3 is 0 Å². The summed E-state index contributed by atoms with van der Waals surface area (Å²) < 4.78 is 5.36. The fourth-order valence-electron chi connectivity index (χ4n) is 5.38. The van der Waals surface area contributed by atoms with Crippen molar-refractivity contribution in [1.82, 2.24) is 10.2 Å². The third kappa shape index (κ3) is 3.77. The van der Waals surface area contributed by atoms with Gasteiger partial charge in [-0.3, -0.25) is 19.3 Å². The maximum atomic E-state index is 12.8. The van der Waals surface area contributed by atoms with Gasteiger partial charge in [-0.25, -0.2) is 0 Å². The van der Waals surface area contributed by atoms with Crippen LogP contribution in [0.4, 0.5) is 0 Å². The molecule has 3 fully saturated rings. The van der Waals surface area contributed by atoms with Gasteiger partial charge < -0.3 is 10.1 Å². The number of imide groups is 1. The van der Waals surface area contributed by atoms with Crippen LogP contribution in [0.15, 0.2) is 24.3 Å². The van der Waals surface area contributed by atoms with Gasteiger partial charge in [0.25, 0.3) is 0 Å². The van der Waals surface area contributed by atoms with Crippen LogP contribution in [0.25, 0.3) is 0 Å². The second-order valence-corrected chi connectivity index (χ2v) is 8.64. The van der Waals surface area contributed by atoms with Crippen LogP contribution < -0.4 is 10.1 Å². The molecule has 2 saturated carbocycles. The Hall–Kier alpha value is -2.37. The van der Waals surface area contributed by atoms with Crippen molar-refractivity contribution >= 4 is 17.7 Å². The van der Waals surface area contributed by atoms with Crippen LogP contribution in [0, 0.1) is 11.8 Å². The minimum absolute atomic E-state index is 0.0733. The summed E-state index contributed by atoms with van der Waals surface area (Å²) in [6.07, 6.45) is 7.68. The third-order valence-electron chi connectivity index (χ3n) is 6.95. The molecular formula is C23H30N2O4. The predicted molar refractivity (Wildman–Crippen MR) is 108 cm³/mol. The molecule has 1 aromatic carbocycles. The Labute approximate surface area is 172 Å². The maximum absolute atomic E-state index is 12.8. The van der Waals surface area contributed by atoms with Gasteiger partial charge in [0.05, 0.1) is 24.5 Å². The molecule has 0 spiro atoms. The molecule has 1 N–H and O–H groups in total. The van der Waals surface area contributed by atoms with Crippen molar-refractivity contribution in [2.45, 2.75) is 63.3 Å². The molecule has 2 atom stereocenters. The van der Waals surface area contributed by atoms with E-state index in [2.05, 4.69) is 5.32 Å². The highest BCUT2D eigenvalue weighted by molar-refractivity contribution is 6.05. The summed E-state index contributed by atoms with van der Waals surface area (Å²) in [6.45, 7) is 0.185. The summed E-state index contributed by atoms with van der Waals surface area (Å²) in [5.41, 5.74) is 0.667. The Bertz CT molecular complexity index is 776. The summed E-state index contributed by atoms with van der Waals surface area (Å²) in [5.74, 6) is 0.213. The number of carbonyl (C=O) groups is 3. The number of amides is 3. The molecule has 3 amide bonds. The molecule has 6 heteroatoms. The summed E-state index contributed by atoms with van der Waals surface area (Å²) in [5, 5.41) is 3.23. The van der Waals surface area contributed by atoms with E-state index < -0.39 is 5.54 Å². The number of ether oxygens (including phenoxy) is 1. The number of rotatable bonds is 6. The highest BCUT2D eigenvalue weighted by Gasteiger charge is 2.48. The van der Waals surface area contributed by atoms with E-state index in [1.807, 2.05) is 24.3 Å². The molecule has 2 aliphatic carbocycles. The van der Waals surface area contributed by atoms with E-state index in [1.54, 1.807) is 7.11 Å². The standard InChI is InChI=1S/C23H30N2O4/c1-29-17-8-6-7-16(15-17)23(12-4-5-13-23)24-20(26)11-14-25-21(27)18-9-2-3-10-19(18)22(25)28/h6-8,15,18-19H,2-5,9-14H2,1H3,(H,24,26)/t18-,19+. The summed E-state index contributed by atoms with van der Waals surface area (Å²) >= 11 is 0. The number of carbonyl (C=O) groups excluding carboxylic acids is 3. The van der Waals surface area contributed by atoms with Crippen molar-refractivity contribution in [3.05, 3.63) is 29.8 Å². The number of likely N-dealkylation sites (tertiary alicyclic amines) is 1. The van der Waals surface area contributed by atoms with Gasteiger partial charge in [-0.1, -0.05) is 37.8 Å². The van der Waals surface area contributed by atoms with E-state index in [1.165, 1.54) is 4.90 Å². The number of nitrogens with zero attached hydrogens (tertiary/aromatic N) is 1. The second kappa shape index (κ2) is 8.17. The monoisotopic (exact) mass is 398 g/mol. The van der Waals surface area contributed by atoms with Gasteiger partial charge in [0, 0.05) is 13.0 Å². The van der Waals surface area contributed by atoms with E-state index in [0.717, 1.165) is 62.7 Å². The summed E-state index contributed by atoms with van der Waals surface area (Å²) in [4.78, 5) is 39.4. The largest absolute Gasteiger partial charge is 0.497 e. The Kier molecular flexibility index (Phi) is 5.61. The van der Waals surface area contributed by atoms with Gasteiger partial charge in [0.15, 0.2) is 0 Å². The molecule has 0 radical (unpaired) electrons. The van der Waals surface area contributed by atoms with Crippen LogP contribution in [0.5, 0.6) is 5.75 Å². The zero-order valence-corrected chi connectivity index (χ0v) is 17.1. The Morgan fingerprint density at radius 3 is 2.38 bits per heavy atom. The lowest BCUT2D eigenvalue weighted by Gasteiger charge is -2.31. The smallest absolute Gasteiger partial charge is 0.233 e. The van der Waals surface area contributed by atoms with Crippen LogP contribution >= 0.6 is 0 Å². The number of methoxy groups -OCH3 is 1. The van der Waals surface area contributed by atoms with Crippen molar-refractivity contribution in [3.63, 3.8) is 0 Å². The van der Waals surface area contributed by atoms with Gasteiger partial charge in [-0.2, -0.15) is 0 Å². The number of hydrogen-bond acceptors (Lipinski definition) is 4. The van der Waals surface area contributed by atoms with Crippen molar-refractivity contribution in [3.8, 4) is 5.75 Å². The number of nitrogens with one attached hydrogen (secondary N) is 1. The SMILES string of the molecule is COc1cccc(C2(NC(=O)CCN3C(=O)[C@H]4CCCC[C@H]4C3=O)CCCC2)c1.